The molecule has 0 aliphatic carbocycles. The number of alkyl halides is 2. The fourth-order valence-corrected chi connectivity index (χ4v) is 3.20. The van der Waals surface area contributed by atoms with Gasteiger partial charge in [-0.2, -0.15) is 11.3 Å². The summed E-state index contributed by atoms with van der Waals surface area (Å²) in [6, 6.07) is 0.00833. The van der Waals surface area contributed by atoms with E-state index in [0.29, 0.717) is 6.54 Å². The highest BCUT2D eigenvalue weighted by Crippen LogP contribution is 2.36. The lowest BCUT2D eigenvalue weighted by molar-refractivity contribution is 0.148. The van der Waals surface area contributed by atoms with E-state index in [1.165, 1.54) is 11.3 Å². The molecule has 2 nitrogen and oxygen atoms in total. The molecule has 90 valence electrons. The van der Waals surface area contributed by atoms with E-state index in [-0.39, 0.29) is 17.5 Å². The van der Waals surface area contributed by atoms with Gasteiger partial charge < -0.3 is 11.1 Å². The third-order valence-electron chi connectivity index (χ3n) is 3.18. The number of halogens is 2. The maximum Gasteiger partial charge on any atom is 0.264 e. The van der Waals surface area contributed by atoms with Crippen molar-refractivity contribution in [3.63, 3.8) is 0 Å². The van der Waals surface area contributed by atoms with Crippen LogP contribution in [0.1, 0.15) is 36.4 Å². The van der Waals surface area contributed by atoms with Crippen molar-refractivity contribution in [3.05, 3.63) is 21.9 Å². The predicted octanol–water partition coefficient (Wildman–Crippen LogP) is 2.69. The summed E-state index contributed by atoms with van der Waals surface area (Å²) in [6.07, 6.45) is -0.289. The number of piperidine rings is 1. The summed E-state index contributed by atoms with van der Waals surface area (Å²) < 4.78 is 25.6. The molecule has 2 atom stereocenters. The minimum absolute atomic E-state index is 0.00833. The molecule has 2 rings (SSSR count). The normalized spacial score (nSPS) is 26.2. The fourth-order valence-electron chi connectivity index (χ4n) is 2.32. The van der Waals surface area contributed by atoms with Crippen molar-refractivity contribution in [2.75, 3.05) is 13.1 Å². The van der Waals surface area contributed by atoms with E-state index in [2.05, 4.69) is 5.32 Å². The van der Waals surface area contributed by atoms with Crippen LogP contribution in [0.15, 0.2) is 10.8 Å². The first-order valence-electron chi connectivity index (χ1n) is 5.51. The molecule has 0 saturated carbocycles. The second-order valence-electron chi connectivity index (χ2n) is 4.15. The van der Waals surface area contributed by atoms with Crippen molar-refractivity contribution < 1.29 is 8.78 Å². The number of rotatable bonds is 3. The van der Waals surface area contributed by atoms with Gasteiger partial charge in [-0.1, -0.05) is 0 Å². The zero-order valence-corrected chi connectivity index (χ0v) is 9.77. The van der Waals surface area contributed by atoms with E-state index in [4.69, 9.17) is 5.73 Å². The Labute approximate surface area is 97.8 Å². The molecule has 0 radical (unpaired) electrons. The molecule has 16 heavy (non-hydrogen) atoms. The predicted molar refractivity (Wildman–Crippen MR) is 61.8 cm³/mol. The topological polar surface area (TPSA) is 38.0 Å². The monoisotopic (exact) mass is 246 g/mol. The van der Waals surface area contributed by atoms with Crippen LogP contribution in [0.3, 0.4) is 0 Å². The van der Waals surface area contributed by atoms with Crippen molar-refractivity contribution in [2.45, 2.75) is 25.3 Å². The summed E-state index contributed by atoms with van der Waals surface area (Å²) in [5, 5.41) is 6.68. The number of hydrogen-bond acceptors (Lipinski definition) is 3. The molecule has 0 bridgehead atoms. The lowest BCUT2D eigenvalue weighted by Gasteiger charge is -2.32. The van der Waals surface area contributed by atoms with Crippen LogP contribution >= 0.6 is 11.3 Å². The Morgan fingerprint density at radius 2 is 2.31 bits per heavy atom. The van der Waals surface area contributed by atoms with Crippen LogP contribution in [0.4, 0.5) is 8.78 Å². The molecule has 1 saturated heterocycles. The van der Waals surface area contributed by atoms with Crippen LogP contribution in [-0.4, -0.2) is 13.1 Å². The Balaban J connectivity index is 2.23. The van der Waals surface area contributed by atoms with Gasteiger partial charge in [0.2, 0.25) is 0 Å². The first-order valence-corrected chi connectivity index (χ1v) is 6.46. The molecule has 3 N–H and O–H groups in total. The van der Waals surface area contributed by atoms with Crippen molar-refractivity contribution in [2.24, 2.45) is 11.7 Å². The number of thiophene rings is 1. The van der Waals surface area contributed by atoms with Crippen LogP contribution in [0.25, 0.3) is 0 Å². The summed E-state index contributed by atoms with van der Waals surface area (Å²) >= 11 is 1.34. The van der Waals surface area contributed by atoms with Crippen molar-refractivity contribution in [3.8, 4) is 0 Å². The van der Waals surface area contributed by atoms with Gasteiger partial charge in [-0.05, 0) is 48.2 Å². The van der Waals surface area contributed by atoms with Crippen LogP contribution < -0.4 is 11.1 Å². The molecule has 0 spiro atoms. The van der Waals surface area contributed by atoms with Crippen LogP contribution in [0.5, 0.6) is 0 Å². The largest absolute Gasteiger partial charge is 0.330 e. The third-order valence-corrected chi connectivity index (χ3v) is 3.96. The van der Waals surface area contributed by atoms with Crippen LogP contribution in [0.2, 0.25) is 0 Å². The summed E-state index contributed by atoms with van der Waals surface area (Å²) in [7, 11) is 0. The molecule has 5 heteroatoms. The van der Waals surface area contributed by atoms with E-state index >= 15 is 0 Å². The lowest BCUT2D eigenvalue weighted by atomic mass is 9.86. The molecule has 1 aliphatic rings. The van der Waals surface area contributed by atoms with Crippen molar-refractivity contribution in [1.29, 1.82) is 0 Å². The smallest absolute Gasteiger partial charge is 0.264 e. The molecule has 1 aromatic rings. The zero-order chi connectivity index (χ0) is 11.5. The van der Waals surface area contributed by atoms with Gasteiger partial charge in [0, 0.05) is 11.6 Å². The molecule has 1 aromatic heterocycles. The Bertz CT molecular complexity index is 340. The molecule has 1 aliphatic heterocycles. The van der Waals surface area contributed by atoms with E-state index in [0.717, 1.165) is 24.9 Å². The highest BCUT2D eigenvalue weighted by Gasteiger charge is 2.29. The molecular weight excluding hydrogens is 230 g/mol. The van der Waals surface area contributed by atoms with Crippen molar-refractivity contribution in [1.82, 2.24) is 5.32 Å². The second kappa shape index (κ2) is 5.21. The van der Waals surface area contributed by atoms with Crippen LogP contribution in [-0.2, 0) is 0 Å². The summed E-state index contributed by atoms with van der Waals surface area (Å²) in [5.74, 6) is 0.279. The average molecular weight is 246 g/mol. The first-order chi connectivity index (χ1) is 7.74. The van der Waals surface area contributed by atoms with Crippen molar-refractivity contribution >= 4 is 11.3 Å². The van der Waals surface area contributed by atoms with Gasteiger partial charge >= 0.3 is 0 Å². The van der Waals surface area contributed by atoms with Gasteiger partial charge in [-0.15, -0.1) is 0 Å². The molecular formula is C11H16F2N2S. The molecule has 2 unspecified atom stereocenters. The second-order valence-corrected chi connectivity index (χ2v) is 4.90. The van der Waals surface area contributed by atoms with Gasteiger partial charge in [-0.3, -0.25) is 0 Å². The molecule has 0 aromatic carbocycles. The fraction of sp³-hybridized carbons (Fsp3) is 0.636. The average Bonchev–Trinajstić information content (AvgIpc) is 2.77. The minimum Gasteiger partial charge on any atom is -0.330 e. The van der Waals surface area contributed by atoms with Gasteiger partial charge in [0.05, 0.1) is 0 Å². The van der Waals surface area contributed by atoms with E-state index < -0.39 is 6.43 Å². The number of nitrogens with one attached hydrogen (secondary N) is 1. The Kier molecular flexibility index (Phi) is 3.89. The SMILES string of the molecule is NCC1CCCNC1c1cscc1C(F)F. The molecule has 1 fully saturated rings. The quantitative estimate of drug-likeness (QED) is 0.860. The lowest BCUT2D eigenvalue weighted by Crippen LogP contribution is -2.38. The van der Waals surface area contributed by atoms with Gasteiger partial charge in [-0.25, -0.2) is 8.78 Å². The highest BCUT2D eigenvalue weighted by molar-refractivity contribution is 7.08. The summed E-state index contributed by atoms with van der Waals surface area (Å²) in [5.41, 5.74) is 6.62. The summed E-state index contributed by atoms with van der Waals surface area (Å²) in [6.45, 7) is 1.44. The van der Waals surface area contributed by atoms with E-state index in [1.807, 2.05) is 5.38 Å². The summed E-state index contributed by atoms with van der Waals surface area (Å²) in [4.78, 5) is 0. The van der Waals surface area contributed by atoms with Crippen LogP contribution in [0, 0.1) is 5.92 Å². The number of hydrogen-bond donors (Lipinski definition) is 2. The molecule has 2 heterocycles. The Morgan fingerprint density at radius 1 is 1.50 bits per heavy atom. The van der Waals surface area contributed by atoms with Gasteiger partial charge in [0.1, 0.15) is 0 Å². The Morgan fingerprint density at radius 3 is 3.00 bits per heavy atom. The van der Waals surface area contributed by atoms with E-state index in [9.17, 15) is 8.78 Å². The highest BCUT2D eigenvalue weighted by atomic mass is 32.1. The third kappa shape index (κ3) is 2.26. The first kappa shape index (κ1) is 12.0. The van der Waals surface area contributed by atoms with Gasteiger partial charge in [0.25, 0.3) is 6.43 Å². The van der Waals surface area contributed by atoms with Gasteiger partial charge in [0.15, 0.2) is 0 Å². The maximum absolute atomic E-state index is 12.8. The Hall–Kier alpha value is -0.520. The maximum atomic E-state index is 12.8. The minimum atomic E-state index is -2.39. The zero-order valence-electron chi connectivity index (χ0n) is 8.96. The standard InChI is InChI=1S/C11H16F2N2S/c12-11(13)9-6-16-5-8(9)10-7(4-14)2-1-3-15-10/h5-7,10-11,15H,1-4,14H2. The molecule has 0 amide bonds. The number of nitrogens with two attached hydrogens (primary N) is 1. The van der Waals surface area contributed by atoms with E-state index in [1.54, 1.807) is 5.38 Å².